The molecule has 4 N–H and O–H groups in total. The number of aromatic hydroxyl groups is 4. The molecular formula is C30H30O6. The van der Waals surface area contributed by atoms with Crippen LogP contribution in [0.15, 0.2) is 72.8 Å². The Hall–Kier alpha value is -4.32. The van der Waals surface area contributed by atoms with Gasteiger partial charge in [-0.25, -0.2) is 0 Å². The Kier molecular flexibility index (Phi) is 7.54. The molecule has 0 aromatic heterocycles. The van der Waals surface area contributed by atoms with Crippen molar-refractivity contribution < 1.29 is 29.9 Å². The van der Waals surface area contributed by atoms with E-state index in [2.05, 4.69) is 0 Å². The van der Waals surface area contributed by atoms with Gasteiger partial charge in [-0.05, 0) is 84.3 Å². The van der Waals surface area contributed by atoms with Crippen LogP contribution in [-0.4, -0.2) is 34.6 Å². The third-order valence-electron chi connectivity index (χ3n) is 6.32. The van der Waals surface area contributed by atoms with E-state index in [4.69, 9.17) is 9.47 Å². The first kappa shape index (κ1) is 24.8. The number of aryl methyl sites for hydroxylation is 4. The van der Waals surface area contributed by atoms with Gasteiger partial charge in [-0.1, -0.05) is 24.3 Å². The van der Waals surface area contributed by atoms with Crippen LogP contribution in [0.5, 0.6) is 34.5 Å². The van der Waals surface area contributed by atoms with Crippen LogP contribution in [-0.2, 0) is 25.7 Å². The monoisotopic (exact) mass is 486 g/mol. The second-order valence-corrected chi connectivity index (χ2v) is 8.70. The molecule has 0 spiro atoms. The van der Waals surface area contributed by atoms with Crippen LogP contribution >= 0.6 is 0 Å². The summed E-state index contributed by atoms with van der Waals surface area (Å²) in [5.74, 6) is 1.18. The second-order valence-electron chi connectivity index (χ2n) is 8.70. The maximum atomic E-state index is 10.6. The second kappa shape index (κ2) is 11.0. The molecule has 0 bridgehead atoms. The van der Waals surface area contributed by atoms with Crippen LogP contribution in [0.1, 0.15) is 22.3 Å². The highest BCUT2D eigenvalue weighted by Gasteiger charge is 2.17. The van der Waals surface area contributed by atoms with Gasteiger partial charge < -0.3 is 29.9 Å². The number of hydrogen-bond donors (Lipinski definition) is 4. The molecule has 0 aliphatic heterocycles. The summed E-state index contributed by atoms with van der Waals surface area (Å²) in [6, 6.07) is 21.4. The number of rotatable bonds is 9. The number of hydrogen-bond acceptors (Lipinski definition) is 6. The van der Waals surface area contributed by atoms with Gasteiger partial charge in [-0.15, -0.1) is 0 Å². The summed E-state index contributed by atoms with van der Waals surface area (Å²) in [6.07, 6.45) is 2.35. The van der Waals surface area contributed by atoms with Crippen molar-refractivity contribution in [1.29, 1.82) is 0 Å². The Labute approximate surface area is 210 Å². The Morgan fingerprint density at radius 1 is 0.500 bits per heavy atom. The van der Waals surface area contributed by atoms with Gasteiger partial charge in [0.05, 0.1) is 14.2 Å². The molecule has 0 saturated carbocycles. The van der Waals surface area contributed by atoms with Crippen molar-refractivity contribution in [1.82, 2.24) is 0 Å². The van der Waals surface area contributed by atoms with Crippen LogP contribution in [0.2, 0.25) is 0 Å². The summed E-state index contributed by atoms with van der Waals surface area (Å²) in [5, 5.41) is 42.1. The fourth-order valence-electron chi connectivity index (χ4n) is 4.29. The normalized spacial score (nSPS) is 10.8. The minimum absolute atomic E-state index is 0.0179. The largest absolute Gasteiger partial charge is 0.508 e. The summed E-state index contributed by atoms with van der Waals surface area (Å²) in [6.45, 7) is 0. The van der Waals surface area contributed by atoms with Gasteiger partial charge in [0.15, 0.2) is 0 Å². The molecule has 0 heterocycles. The summed E-state index contributed by atoms with van der Waals surface area (Å²) in [4.78, 5) is 0. The van der Waals surface area contributed by atoms with E-state index < -0.39 is 0 Å². The average molecular weight is 487 g/mol. The average Bonchev–Trinajstić information content (AvgIpc) is 2.88. The van der Waals surface area contributed by atoms with Crippen molar-refractivity contribution in [2.24, 2.45) is 0 Å². The Morgan fingerprint density at radius 2 is 0.917 bits per heavy atom. The lowest BCUT2D eigenvalue weighted by Crippen LogP contribution is -1.96. The highest BCUT2D eigenvalue weighted by atomic mass is 16.5. The number of phenolic OH excluding ortho intramolecular Hbond substituents is 4. The first-order valence-corrected chi connectivity index (χ1v) is 11.7. The van der Waals surface area contributed by atoms with E-state index >= 15 is 0 Å². The summed E-state index contributed by atoms with van der Waals surface area (Å²) >= 11 is 0. The molecule has 0 radical (unpaired) electrons. The fourth-order valence-corrected chi connectivity index (χ4v) is 4.29. The molecule has 6 nitrogen and oxygen atoms in total. The minimum atomic E-state index is -0.155. The van der Waals surface area contributed by atoms with Crippen molar-refractivity contribution in [3.63, 3.8) is 0 Å². The molecule has 6 heteroatoms. The number of methoxy groups -OCH3 is 2. The number of ether oxygens (including phenoxy) is 2. The molecule has 0 fully saturated rings. The smallest absolute Gasteiger partial charge is 0.127 e. The van der Waals surface area contributed by atoms with Crippen molar-refractivity contribution in [2.45, 2.75) is 25.7 Å². The fraction of sp³-hybridized carbons (Fsp3) is 0.200. The molecule has 0 unspecified atom stereocenters. The van der Waals surface area contributed by atoms with Gasteiger partial charge in [0.1, 0.15) is 34.5 Å². The highest BCUT2D eigenvalue weighted by Crippen LogP contribution is 2.42. The standard InChI is InChI=1S/C30H30O6/c1-35-23-7-3-5-19(13-23)9-11-21-15-25(29(33)17-27(21)31)26-16-22(28(32)18-30(26)34)12-10-20-6-4-8-24(14-20)36-2/h3-8,13-18,31-34H,9-12H2,1-2H3. The van der Waals surface area contributed by atoms with Crippen LogP contribution in [0.4, 0.5) is 0 Å². The predicted octanol–water partition coefficient (Wildman–Crippen LogP) is 5.76. The van der Waals surface area contributed by atoms with E-state index in [0.717, 1.165) is 22.6 Å². The van der Waals surface area contributed by atoms with Gasteiger partial charge in [-0.3, -0.25) is 0 Å². The lowest BCUT2D eigenvalue weighted by molar-refractivity contribution is 0.414. The van der Waals surface area contributed by atoms with E-state index in [1.54, 1.807) is 26.4 Å². The Morgan fingerprint density at radius 3 is 1.31 bits per heavy atom. The minimum Gasteiger partial charge on any atom is -0.508 e. The maximum Gasteiger partial charge on any atom is 0.127 e. The Bertz CT molecular complexity index is 1260. The summed E-state index contributed by atoms with van der Waals surface area (Å²) < 4.78 is 10.6. The number of phenols is 4. The molecular weight excluding hydrogens is 456 g/mol. The van der Waals surface area contributed by atoms with E-state index in [0.29, 0.717) is 47.9 Å². The van der Waals surface area contributed by atoms with E-state index in [-0.39, 0.29) is 23.0 Å². The highest BCUT2D eigenvalue weighted by molar-refractivity contribution is 5.78. The van der Waals surface area contributed by atoms with Crippen molar-refractivity contribution >= 4 is 0 Å². The zero-order valence-corrected chi connectivity index (χ0v) is 20.4. The van der Waals surface area contributed by atoms with E-state index in [9.17, 15) is 20.4 Å². The summed E-state index contributed by atoms with van der Waals surface area (Å²) in [7, 11) is 3.23. The van der Waals surface area contributed by atoms with Crippen molar-refractivity contribution in [3.8, 4) is 45.6 Å². The van der Waals surface area contributed by atoms with Crippen LogP contribution in [0, 0.1) is 0 Å². The molecule has 0 amide bonds. The molecule has 0 saturated heterocycles. The van der Waals surface area contributed by atoms with Crippen molar-refractivity contribution in [2.75, 3.05) is 14.2 Å². The van der Waals surface area contributed by atoms with E-state index in [1.165, 1.54) is 12.1 Å². The SMILES string of the molecule is COc1cccc(CCc2cc(-c3cc(CCc4cccc(OC)c4)c(O)cc3O)c(O)cc2O)c1. The molecule has 36 heavy (non-hydrogen) atoms. The van der Waals surface area contributed by atoms with Gasteiger partial charge in [0.25, 0.3) is 0 Å². The summed E-state index contributed by atoms with van der Waals surface area (Å²) in [5.41, 5.74) is 4.14. The molecule has 4 aromatic carbocycles. The molecule has 0 aliphatic carbocycles. The zero-order valence-electron chi connectivity index (χ0n) is 20.4. The van der Waals surface area contributed by atoms with Gasteiger partial charge in [0.2, 0.25) is 0 Å². The van der Waals surface area contributed by atoms with E-state index in [1.807, 2.05) is 48.5 Å². The third kappa shape index (κ3) is 5.66. The van der Waals surface area contributed by atoms with Gasteiger partial charge >= 0.3 is 0 Å². The first-order chi connectivity index (χ1) is 17.4. The van der Waals surface area contributed by atoms with Crippen LogP contribution in [0.25, 0.3) is 11.1 Å². The molecule has 186 valence electrons. The van der Waals surface area contributed by atoms with Crippen molar-refractivity contribution in [3.05, 3.63) is 95.1 Å². The first-order valence-electron chi connectivity index (χ1n) is 11.7. The third-order valence-corrected chi connectivity index (χ3v) is 6.32. The lowest BCUT2D eigenvalue weighted by atomic mass is 9.94. The zero-order chi connectivity index (χ0) is 25.7. The predicted molar refractivity (Wildman–Crippen MR) is 139 cm³/mol. The lowest BCUT2D eigenvalue weighted by Gasteiger charge is -2.14. The maximum absolute atomic E-state index is 10.6. The van der Waals surface area contributed by atoms with Gasteiger partial charge in [-0.2, -0.15) is 0 Å². The molecule has 0 atom stereocenters. The quantitative estimate of drug-likeness (QED) is 0.240. The Balaban J connectivity index is 1.60. The van der Waals surface area contributed by atoms with Crippen LogP contribution in [0.3, 0.4) is 0 Å². The molecule has 0 aliphatic rings. The van der Waals surface area contributed by atoms with Gasteiger partial charge in [0, 0.05) is 23.3 Å². The topological polar surface area (TPSA) is 99.4 Å². The number of benzene rings is 4. The van der Waals surface area contributed by atoms with Crippen LogP contribution < -0.4 is 9.47 Å². The molecule has 4 rings (SSSR count). The molecule has 4 aromatic rings.